The smallest absolute Gasteiger partial charge is 0.153 e. The van der Waals surface area contributed by atoms with Crippen molar-refractivity contribution in [2.45, 2.75) is 0 Å². The lowest BCUT2D eigenvalue weighted by molar-refractivity contribution is 0.112. The molecule has 4 heteroatoms. The average Bonchev–Trinajstić information content (AvgIpc) is 2.18. The van der Waals surface area contributed by atoms with Crippen molar-refractivity contribution in [2.24, 2.45) is 0 Å². The fourth-order valence-electron chi connectivity index (χ4n) is 1.32. The molecule has 0 bridgehead atoms. The van der Waals surface area contributed by atoms with Crippen LogP contribution in [-0.2, 0) is 0 Å². The molecule has 0 amide bonds. The Morgan fingerprint density at radius 1 is 1.36 bits per heavy atom. The molecule has 0 aliphatic rings. The molecule has 2 rings (SSSR count). The normalized spacial score (nSPS) is 10.4. The van der Waals surface area contributed by atoms with Crippen molar-refractivity contribution in [1.29, 1.82) is 0 Å². The highest BCUT2D eigenvalue weighted by Gasteiger charge is 2.07. The fourth-order valence-corrected chi connectivity index (χ4v) is 1.98. The van der Waals surface area contributed by atoms with Crippen LogP contribution in [0.4, 0.5) is 0 Å². The summed E-state index contributed by atoms with van der Waals surface area (Å²) in [6, 6.07) is 5.60. The largest absolute Gasteiger partial charge is 0.298 e. The summed E-state index contributed by atoms with van der Waals surface area (Å²) in [4.78, 5) is 14.8. The van der Waals surface area contributed by atoms with E-state index in [2.05, 4.69) is 20.9 Å². The molecule has 0 unspecified atom stereocenters. The van der Waals surface area contributed by atoms with Gasteiger partial charge in [0.05, 0.1) is 5.56 Å². The number of rotatable bonds is 1. The lowest BCUT2D eigenvalue weighted by Gasteiger charge is -2.03. The topological polar surface area (TPSA) is 30.0 Å². The van der Waals surface area contributed by atoms with Crippen LogP contribution in [0, 0.1) is 0 Å². The first-order valence-corrected chi connectivity index (χ1v) is 5.09. The van der Waals surface area contributed by atoms with Gasteiger partial charge in [-0.2, -0.15) is 0 Å². The molecule has 1 aromatic heterocycles. The first kappa shape index (κ1) is 9.62. The molecule has 0 aliphatic carbocycles. The van der Waals surface area contributed by atoms with Crippen molar-refractivity contribution in [3.05, 3.63) is 39.6 Å². The number of benzene rings is 1. The van der Waals surface area contributed by atoms with Gasteiger partial charge < -0.3 is 0 Å². The molecular formula is C10H5BrClNO. The minimum atomic E-state index is 0.241. The number of halogens is 2. The van der Waals surface area contributed by atoms with Crippen LogP contribution in [0.15, 0.2) is 28.9 Å². The molecule has 0 radical (unpaired) electrons. The molecule has 0 aliphatic heterocycles. The van der Waals surface area contributed by atoms with Gasteiger partial charge in [-0.1, -0.05) is 39.7 Å². The zero-order chi connectivity index (χ0) is 10.1. The molecule has 0 atom stereocenters. The summed E-state index contributed by atoms with van der Waals surface area (Å²) in [5.41, 5.74) is 0.436. The number of carbonyl (C=O) groups excluding carboxylic acids is 1. The lowest BCUT2D eigenvalue weighted by Crippen LogP contribution is -1.89. The van der Waals surface area contributed by atoms with Crippen LogP contribution in [0.25, 0.3) is 10.8 Å². The zero-order valence-electron chi connectivity index (χ0n) is 7.00. The second kappa shape index (κ2) is 3.67. The number of aldehydes is 1. The van der Waals surface area contributed by atoms with Crippen LogP contribution in [-0.4, -0.2) is 11.3 Å². The van der Waals surface area contributed by atoms with Gasteiger partial charge in [-0.05, 0) is 11.5 Å². The summed E-state index contributed by atoms with van der Waals surface area (Å²) in [6.07, 6.45) is 2.37. The minimum Gasteiger partial charge on any atom is -0.298 e. The summed E-state index contributed by atoms with van der Waals surface area (Å²) in [6.45, 7) is 0. The third-order valence-electron chi connectivity index (χ3n) is 1.99. The van der Waals surface area contributed by atoms with E-state index in [9.17, 15) is 4.79 Å². The lowest BCUT2D eigenvalue weighted by atomic mass is 10.1. The number of nitrogens with zero attached hydrogens (tertiary/aromatic N) is 1. The van der Waals surface area contributed by atoms with Crippen LogP contribution in [0.1, 0.15) is 10.4 Å². The Hall–Kier alpha value is -0.930. The highest BCUT2D eigenvalue weighted by atomic mass is 79.9. The molecular weight excluding hydrogens is 265 g/mol. The molecule has 14 heavy (non-hydrogen) atoms. The van der Waals surface area contributed by atoms with Gasteiger partial charge in [0.25, 0.3) is 0 Å². The van der Waals surface area contributed by atoms with Crippen LogP contribution in [0.5, 0.6) is 0 Å². The van der Waals surface area contributed by atoms with Crippen molar-refractivity contribution < 1.29 is 4.79 Å². The van der Waals surface area contributed by atoms with Gasteiger partial charge in [-0.25, -0.2) is 4.98 Å². The molecule has 0 N–H and O–H groups in total. The van der Waals surface area contributed by atoms with Crippen LogP contribution in [0.3, 0.4) is 0 Å². The number of hydrogen-bond acceptors (Lipinski definition) is 2. The highest BCUT2D eigenvalue weighted by Crippen LogP contribution is 2.27. The molecule has 0 saturated heterocycles. The second-order valence-corrected chi connectivity index (χ2v) is 3.99. The predicted molar refractivity (Wildman–Crippen MR) is 59.8 cm³/mol. The van der Waals surface area contributed by atoms with Gasteiger partial charge in [-0.3, -0.25) is 4.79 Å². The Morgan fingerprint density at radius 2 is 2.14 bits per heavy atom. The fraction of sp³-hybridized carbons (Fsp3) is 0. The number of fused-ring (bicyclic) bond motifs is 1. The van der Waals surface area contributed by atoms with Gasteiger partial charge in [0.15, 0.2) is 6.29 Å². The summed E-state index contributed by atoms with van der Waals surface area (Å²) in [5, 5.41) is 1.94. The highest BCUT2D eigenvalue weighted by molar-refractivity contribution is 9.10. The maximum absolute atomic E-state index is 10.8. The zero-order valence-corrected chi connectivity index (χ0v) is 9.34. The molecule has 70 valence electrons. The van der Waals surface area contributed by atoms with E-state index in [0.29, 0.717) is 5.56 Å². The Labute approximate surface area is 94.0 Å². The van der Waals surface area contributed by atoms with Gasteiger partial charge in [-0.15, -0.1) is 0 Å². The van der Waals surface area contributed by atoms with Crippen molar-refractivity contribution >= 4 is 44.6 Å². The van der Waals surface area contributed by atoms with Crippen molar-refractivity contribution in [3.63, 3.8) is 0 Å². The van der Waals surface area contributed by atoms with E-state index in [1.165, 1.54) is 0 Å². The molecule has 2 nitrogen and oxygen atoms in total. The Balaban J connectivity index is 2.95. The molecule has 2 aromatic rings. The Morgan fingerprint density at radius 3 is 2.86 bits per heavy atom. The van der Waals surface area contributed by atoms with E-state index in [1.807, 2.05) is 18.2 Å². The molecule has 1 aromatic carbocycles. The maximum Gasteiger partial charge on any atom is 0.153 e. The Kier molecular flexibility index (Phi) is 2.52. The molecule has 0 saturated carbocycles. The van der Waals surface area contributed by atoms with E-state index in [0.717, 1.165) is 21.5 Å². The first-order chi connectivity index (χ1) is 6.74. The van der Waals surface area contributed by atoms with Crippen LogP contribution in [0.2, 0.25) is 5.15 Å². The molecule has 1 heterocycles. The van der Waals surface area contributed by atoms with Gasteiger partial charge in [0, 0.05) is 16.1 Å². The third kappa shape index (κ3) is 1.42. The summed E-state index contributed by atoms with van der Waals surface area (Å²) < 4.78 is 0.905. The van der Waals surface area contributed by atoms with Crippen LogP contribution < -0.4 is 0 Å². The summed E-state index contributed by atoms with van der Waals surface area (Å²) >= 11 is 9.18. The van der Waals surface area contributed by atoms with E-state index in [4.69, 9.17) is 11.6 Å². The maximum atomic E-state index is 10.8. The quantitative estimate of drug-likeness (QED) is 0.587. The SMILES string of the molecule is O=Cc1c(Cl)ncc2c(Br)cccc12. The van der Waals surface area contributed by atoms with E-state index in [1.54, 1.807) is 6.20 Å². The van der Waals surface area contributed by atoms with Gasteiger partial charge in [0.1, 0.15) is 5.15 Å². The number of hydrogen-bond donors (Lipinski definition) is 0. The third-order valence-corrected chi connectivity index (χ3v) is 2.98. The summed E-state index contributed by atoms with van der Waals surface area (Å²) in [5.74, 6) is 0. The van der Waals surface area contributed by atoms with Crippen molar-refractivity contribution in [3.8, 4) is 0 Å². The van der Waals surface area contributed by atoms with Crippen molar-refractivity contribution in [1.82, 2.24) is 4.98 Å². The second-order valence-electron chi connectivity index (χ2n) is 2.78. The van der Waals surface area contributed by atoms with Crippen molar-refractivity contribution in [2.75, 3.05) is 0 Å². The van der Waals surface area contributed by atoms with Crippen LogP contribution >= 0.6 is 27.5 Å². The van der Waals surface area contributed by atoms with Gasteiger partial charge >= 0.3 is 0 Å². The van der Waals surface area contributed by atoms with E-state index < -0.39 is 0 Å². The predicted octanol–water partition coefficient (Wildman–Crippen LogP) is 3.46. The first-order valence-electron chi connectivity index (χ1n) is 3.92. The Bertz CT molecular complexity index is 513. The monoisotopic (exact) mass is 269 g/mol. The minimum absolute atomic E-state index is 0.241. The number of pyridine rings is 1. The number of carbonyl (C=O) groups is 1. The van der Waals surface area contributed by atoms with Gasteiger partial charge in [0.2, 0.25) is 0 Å². The van der Waals surface area contributed by atoms with E-state index >= 15 is 0 Å². The average molecular weight is 271 g/mol. The van der Waals surface area contributed by atoms with E-state index in [-0.39, 0.29) is 5.15 Å². The molecule has 0 spiro atoms. The number of aromatic nitrogens is 1. The molecule has 0 fully saturated rings. The summed E-state index contributed by atoms with van der Waals surface area (Å²) in [7, 11) is 0. The standard InChI is InChI=1S/C10H5BrClNO/c11-9-3-1-2-6-7(9)4-13-10(12)8(6)5-14/h1-5H.